The van der Waals surface area contributed by atoms with E-state index in [0.717, 1.165) is 0 Å². The van der Waals surface area contributed by atoms with E-state index in [1.807, 2.05) is 0 Å². The van der Waals surface area contributed by atoms with Gasteiger partial charge in [0.1, 0.15) is 17.4 Å². The Morgan fingerprint density at radius 1 is 1.36 bits per heavy atom. The van der Waals surface area contributed by atoms with E-state index < -0.39 is 34.8 Å². The van der Waals surface area contributed by atoms with E-state index in [1.54, 1.807) is 18.2 Å². The van der Waals surface area contributed by atoms with Gasteiger partial charge < -0.3 is 20.1 Å². The number of hydrogen-bond acceptors (Lipinski definition) is 4. The van der Waals surface area contributed by atoms with Crippen LogP contribution in [0.1, 0.15) is 17.3 Å². The lowest BCUT2D eigenvalue weighted by Crippen LogP contribution is -2.41. The molecule has 2 aromatic rings. The van der Waals surface area contributed by atoms with E-state index in [9.17, 15) is 19.5 Å². The number of carbonyl (C=O) groups is 2. The third-order valence-corrected chi connectivity index (χ3v) is 3.77. The summed E-state index contributed by atoms with van der Waals surface area (Å²) in [5.74, 6) is -2.65. The summed E-state index contributed by atoms with van der Waals surface area (Å²) in [5, 5.41) is 21.5. The molecule has 116 valence electrons. The molecule has 0 aliphatic rings. The Morgan fingerprint density at radius 2 is 2.00 bits per heavy atom. The highest BCUT2D eigenvalue weighted by Crippen LogP contribution is 2.28. The zero-order valence-electron chi connectivity index (χ0n) is 11.8. The Kier molecular flexibility index (Phi) is 4.23. The minimum absolute atomic E-state index is 0.318. The smallest absolute Gasteiger partial charge is 0.325 e. The van der Waals surface area contributed by atoms with E-state index >= 15 is 0 Å². The first kappa shape index (κ1) is 16.0. The Hall–Kier alpha value is -2.35. The molecule has 0 radical (unpaired) electrons. The molecule has 2 rings (SSSR count). The zero-order chi connectivity index (χ0) is 16.6. The van der Waals surface area contributed by atoms with Crippen LogP contribution in [-0.2, 0) is 11.8 Å². The summed E-state index contributed by atoms with van der Waals surface area (Å²) in [6, 6.07) is 3.68. The van der Waals surface area contributed by atoms with Crippen LogP contribution < -0.4 is 10.9 Å². The van der Waals surface area contributed by atoms with Crippen molar-refractivity contribution in [2.45, 2.75) is 13.0 Å². The molecule has 0 bridgehead atoms. The van der Waals surface area contributed by atoms with Gasteiger partial charge in [0.25, 0.3) is 11.5 Å². The largest absolute Gasteiger partial charge is 0.506 e. The lowest BCUT2D eigenvalue weighted by atomic mass is 10.1. The molecule has 1 atom stereocenters. The molecular formula is C14H13BrN2O5. The van der Waals surface area contributed by atoms with Gasteiger partial charge in [0.15, 0.2) is 0 Å². The summed E-state index contributed by atoms with van der Waals surface area (Å²) in [4.78, 5) is 35.2. The molecular weight excluding hydrogens is 356 g/mol. The normalized spacial score (nSPS) is 12.1. The van der Waals surface area contributed by atoms with Crippen molar-refractivity contribution >= 4 is 38.7 Å². The number of carbonyl (C=O) groups excluding carboxylic acids is 1. The molecule has 0 spiro atoms. The highest BCUT2D eigenvalue weighted by molar-refractivity contribution is 9.10. The lowest BCUT2D eigenvalue weighted by Gasteiger charge is -2.13. The molecule has 1 unspecified atom stereocenters. The van der Waals surface area contributed by atoms with Gasteiger partial charge in [-0.25, -0.2) is 0 Å². The number of carboxylic acids is 1. The number of halogens is 1. The van der Waals surface area contributed by atoms with Gasteiger partial charge in [0, 0.05) is 16.9 Å². The predicted molar refractivity (Wildman–Crippen MR) is 83.1 cm³/mol. The van der Waals surface area contributed by atoms with Crippen LogP contribution >= 0.6 is 15.9 Å². The van der Waals surface area contributed by atoms with Crippen LogP contribution in [0.5, 0.6) is 5.75 Å². The molecule has 1 amide bonds. The van der Waals surface area contributed by atoms with Gasteiger partial charge in [-0.1, -0.05) is 15.9 Å². The number of nitrogens with one attached hydrogen (secondary N) is 1. The second kappa shape index (κ2) is 5.80. The first-order valence-corrected chi connectivity index (χ1v) is 7.08. The van der Waals surface area contributed by atoms with Crippen LogP contribution in [0, 0.1) is 0 Å². The number of aliphatic carboxylic acids is 1. The van der Waals surface area contributed by atoms with Crippen molar-refractivity contribution in [2.24, 2.45) is 7.05 Å². The molecule has 22 heavy (non-hydrogen) atoms. The molecule has 1 aromatic heterocycles. The number of benzene rings is 1. The number of aryl methyl sites for hydroxylation is 1. The fourth-order valence-corrected chi connectivity index (χ4v) is 2.38. The summed E-state index contributed by atoms with van der Waals surface area (Å²) in [6.45, 7) is 1.26. The van der Waals surface area contributed by atoms with Gasteiger partial charge in [0.05, 0.1) is 5.52 Å². The second-order valence-electron chi connectivity index (χ2n) is 4.78. The minimum atomic E-state index is -1.24. The average molecular weight is 369 g/mol. The van der Waals surface area contributed by atoms with Crippen molar-refractivity contribution in [3.63, 3.8) is 0 Å². The second-order valence-corrected chi connectivity index (χ2v) is 5.70. The van der Waals surface area contributed by atoms with E-state index in [4.69, 9.17) is 5.11 Å². The van der Waals surface area contributed by atoms with Crippen LogP contribution in [0.25, 0.3) is 10.9 Å². The molecule has 0 saturated carbocycles. The Morgan fingerprint density at radius 3 is 2.59 bits per heavy atom. The molecule has 1 aromatic carbocycles. The number of aromatic hydroxyl groups is 1. The van der Waals surface area contributed by atoms with Crippen molar-refractivity contribution < 1.29 is 19.8 Å². The summed E-state index contributed by atoms with van der Waals surface area (Å²) in [7, 11) is 1.47. The molecule has 0 saturated heterocycles. The highest BCUT2D eigenvalue weighted by atomic mass is 79.9. The number of pyridine rings is 1. The third-order valence-electron chi connectivity index (χ3n) is 3.28. The molecule has 1 heterocycles. The average Bonchev–Trinajstić information content (AvgIpc) is 2.44. The van der Waals surface area contributed by atoms with Crippen molar-refractivity contribution in [1.82, 2.24) is 9.88 Å². The predicted octanol–water partition coefficient (Wildman–Crippen LogP) is 1.21. The number of rotatable bonds is 3. The van der Waals surface area contributed by atoms with E-state index in [0.29, 0.717) is 15.4 Å². The maximum atomic E-state index is 12.3. The molecule has 3 N–H and O–H groups in total. The molecule has 8 heteroatoms. The maximum Gasteiger partial charge on any atom is 0.325 e. The third kappa shape index (κ3) is 2.69. The first-order valence-electron chi connectivity index (χ1n) is 6.29. The quantitative estimate of drug-likeness (QED) is 0.754. The van der Waals surface area contributed by atoms with Gasteiger partial charge in [-0.15, -0.1) is 0 Å². The lowest BCUT2D eigenvalue weighted by molar-refractivity contribution is -0.138. The number of amides is 1. The summed E-state index contributed by atoms with van der Waals surface area (Å²) < 4.78 is 1.94. The van der Waals surface area contributed by atoms with E-state index in [-0.39, 0.29) is 0 Å². The van der Waals surface area contributed by atoms with Gasteiger partial charge in [0.2, 0.25) is 0 Å². The number of hydrogen-bond donors (Lipinski definition) is 3. The monoisotopic (exact) mass is 368 g/mol. The molecule has 7 nitrogen and oxygen atoms in total. The van der Waals surface area contributed by atoms with Gasteiger partial charge in [-0.05, 0) is 25.1 Å². The number of nitrogens with zero attached hydrogens (tertiary/aromatic N) is 1. The topological polar surface area (TPSA) is 109 Å². The van der Waals surface area contributed by atoms with Crippen LogP contribution in [0.15, 0.2) is 27.5 Å². The molecule has 0 aliphatic heterocycles. The van der Waals surface area contributed by atoms with Crippen molar-refractivity contribution in [3.8, 4) is 5.75 Å². The van der Waals surface area contributed by atoms with E-state index in [1.165, 1.54) is 18.5 Å². The van der Waals surface area contributed by atoms with Crippen LogP contribution in [0.4, 0.5) is 0 Å². The highest BCUT2D eigenvalue weighted by Gasteiger charge is 2.24. The number of aromatic nitrogens is 1. The van der Waals surface area contributed by atoms with Gasteiger partial charge >= 0.3 is 5.97 Å². The fourth-order valence-electron chi connectivity index (χ4n) is 2.03. The molecule has 0 aliphatic carbocycles. The first-order chi connectivity index (χ1) is 10.2. The Bertz CT molecular complexity index is 843. The Labute approximate surface area is 133 Å². The van der Waals surface area contributed by atoms with Crippen LogP contribution in [0.2, 0.25) is 0 Å². The standard InChI is InChI=1S/C14H13BrN2O5/c1-6(14(21)22)16-12(19)10-11(18)8-4-3-7(15)5-9(8)17(2)13(10)20/h3-6,18H,1-2H3,(H,16,19)(H,21,22). The van der Waals surface area contributed by atoms with E-state index in [2.05, 4.69) is 21.2 Å². The number of fused-ring (bicyclic) bond motifs is 1. The molecule has 0 fully saturated rings. The van der Waals surface area contributed by atoms with Gasteiger partial charge in [-0.3, -0.25) is 14.4 Å². The van der Waals surface area contributed by atoms with Crippen LogP contribution in [0.3, 0.4) is 0 Å². The van der Waals surface area contributed by atoms with Crippen molar-refractivity contribution in [1.29, 1.82) is 0 Å². The van der Waals surface area contributed by atoms with Crippen LogP contribution in [-0.4, -0.2) is 32.7 Å². The summed E-state index contributed by atoms with van der Waals surface area (Å²) >= 11 is 3.27. The summed E-state index contributed by atoms with van der Waals surface area (Å²) in [5.41, 5.74) is -0.747. The zero-order valence-corrected chi connectivity index (χ0v) is 13.3. The van der Waals surface area contributed by atoms with Crippen molar-refractivity contribution in [3.05, 3.63) is 38.6 Å². The number of carboxylic acid groups (broad SMARTS) is 1. The maximum absolute atomic E-state index is 12.3. The fraction of sp³-hybridized carbons (Fsp3) is 0.214. The minimum Gasteiger partial charge on any atom is -0.506 e. The van der Waals surface area contributed by atoms with Crippen molar-refractivity contribution in [2.75, 3.05) is 0 Å². The summed E-state index contributed by atoms with van der Waals surface area (Å²) in [6.07, 6.45) is 0. The Balaban J connectivity index is 2.65. The SMILES string of the molecule is CC(NC(=O)c1c(O)c2ccc(Br)cc2n(C)c1=O)C(=O)O. The van der Waals surface area contributed by atoms with Gasteiger partial charge in [-0.2, -0.15) is 0 Å².